The van der Waals surface area contributed by atoms with E-state index in [0.717, 1.165) is 5.56 Å². The van der Waals surface area contributed by atoms with E-state index in [0.29, 0.717) is 30.1 Å². The molecule has 0 aromatic heterocycles. The fourth-order valence-electron chi connectivity index (χ4n) is 1.34. The van der Waals surface area contributed by atoms with Crippen LogP contribution >= 0.6 is 0 Å². The predicted octanol–water partition coefficient (Wildman–Crippen LogP) is 1.42. The summed E-state index contributed by atoms with van der Waals surface area (Å²) in [6, 6.07) is 4.91. The summed E-state index contributed by atoms with van der Waals surface area (Å²) < 4.78 is 4.51. The maximum absolute atomic E-state index is 10.9. The number of carbonyl (C=O) groups excluding carboxylic acids is 3. The monoisotopic (exact) mass is 220 g/mol. The maximum atomic E-state index is 10.9. The van der Waals surface area contributed by atoms with Crippen molar-refractivity contribution in [3.63, 3.8) is 0 Å². The molecule has 0 N–H and O–H groups in total. The number of hydrogen-bond acceptors (Lipinski definition) is 4. The zero-order valence-corrected chi connectivity index (χ0v) is 8.93. The van der Waals surface area contributed by atoms with Gasteiger partial charge in [-0.3, -0.25) is 14.4 Å². The van der Waals surface area contributed by atoms with Crippen molar-refractivity contribution in [2.75, 3.05) is 7.11 Å². The third-order valence-electron chi connectivity index (χ3n) is 2.25. The molecule has 1 aromatic carbocycles. The van der Waals surface area contributed by atoms with Gasteiger partial charge in [0.05, 0.1) is 7.11 Å². The molecule has 0 amide bonds. The quantitative estimate of drug-likeness (QED) is 0.556. The van der Waals surface area contributed by atoms with E-state index in [4.69, 9.17) is 0 Å². The Balaban J connectivity index is 2.79. The molecule has 0 heterocycles. The van der Waals surface area contributed by atoms with Gasteiger partial charge in [0, 0.05) is 17.5 Å². The Bertz CT molecular complexity index is 409. The average molecular weight is 220 g/mol. The topological polar surface area (TPSA) is 60.4 Å². The van der Waals surface area contributed by atoms with Crippen molar-refractivity contribution in [3.8, 4) is 0 Å². The van der Waals surface area contributed by atoms with Crippen LogP contribution in [0.4, 0.5) is 0 Å². The Labute approximate surface area is 93.2 Å². The molecule has 84 valence electrons. The Morgan fingerprint density at radius 1 is 1.25 bits per heavy atom. The summed E-state index contributed by atoms with van der Waals surface area (Å²) in [5.74, 6) is -0.299. The molecule has 1 rings (SSSR count). The number of methoxy groups -OCH3 is 1. The highest BCUT2D eigenvalue weighted by Gasteiger charge is 2.05. The Kier molecular flexibility index (Phi) is 4.39. The molecule has 0 bridgehead atoms. The molecule has 0 atom stereocenters. The number of hydrogen-bond donors (Lipinski definition) is 0. The molecule has 0 saturated carbocycles. The standard InChI is InChI=1S/C12H12O4/c1-16-12(15)5-3-9-2-4-10(7-13)11(6-9)8-14/h2,4,6-8H,3,5H2,1H3. The molecule has 0 unspecified atom stereocenters. The molecular formula is C12H12O4. The molecule has 0 radical (unpaired) electrons. The molecule has 4 nitrogen and oxygen atoms in total. The van der Waals surface area contributed by atoms with Crippen LogP contribution in [0.25, 0.3) is 0 Å². The first-order valence-corrected chi connectivity index (χ1v) is 4.81. The van der Waals surface area contributed by atoms with Crippen LogP contribution in [0.1, 0.15) is 32.7 Å². The normalized spacial score (nSPS) is 9.56. The lowest BCUT2D eigenvalue weighted by atomic mass is 10.0. The number of aryl methyl sites for hydroxylation is 1. The molecule has 0 spiro atoms. The second-order valence-electron chi connectivity index (χ2n) is 3.28. The van der Waals surface area contributed by atoms with E-state index < -0.39 is 0 Å². The zero-order valence-electron chi connectivity index (χ0n) is 8.93. The molecule has 4 heteroatoms. The minimum absolute atomic E-state index is 0.259. The average Bonchev–Trinajstić information content (AvgIpc) is 2.35. The molecule has 16 heavy (non-hydrogen) atoms. The predicted molar refractivity (Wildman–Crippen MR) is 57.6 cm³/mol. The Morgan fingerprint density at radius 3 is 2.50 bits per heavy atom. The summed E-state index contributed by atoms with van der Waals surface area (Å²) >= 11 is 0. The van der Waals surface area contributed by atoms with Crippen LogP contribution in [0.15, 0.2) is 18.2 Å². The van der Waals surface area contributed by atoms with E-state index in [1.807, 2.05) is 0 Å². The number of benzene rings is 1. The molecule has 0 fully saturated rings. The minimum Gasteiger partial charge on any atom is -0.469 e. The van der Waals surface area contributed by atoms with Gasteiger partial charge in [0.25, 0.3) is 0 Å². The van der Waals surface area contributed by atoms with Crippen LogP contribution in [0, 0.1) is 0 Å². The highest BCUT2D eigenvalue weighted by atomic mass is 16.5. The smallest absolute Gasteiger partial charge is 0.305 e. The SMILES string of the molecule is COC(=O)CCc1ccc(C=O)c(C=O)c1. The van der Waals surface area contributed by atoms with Gasteiger partial charge in [0.2, 0.25) is 0 Å². The largest absolute Gasteiger partial charge is 0.469 e. The first-order chi connectivity index (χ1) is 7.71. The molecular weight excluding hydrogens is 208 g/mol. The number of ether oxygens (including phenoxy) is 1. The molecule has 0 aliphatic carbocycles. The third-order valence-corrected chi connectivity index (χ3v) is 2.25. The Hall–Kier alpha value is -1.97. The highest BCUT2D eigenvalue weighted by molar-refractivity contribution is 5.90. The number of aldehydes is 2. The molecule has 0 saturated heterocycles. The summed E-state index contributed by atoms with van der Waals surface area (Å²) in [5, 5.41) is 0. The van der Waals surface area contributed by atoms with Crippen LogP contribution in [0.2, 0.25) is 0 Å². The fourth-order valence-corrected chi connectivity index (χ4v) is 1.34. The van der Waals surface area contributed by atoms with Gasteiger partial charge in [0.15, 0.2) is 12.6 Å². The van der Waals surface area contributed by atoms with Crippen LogP contribution in [0.5, 0.6) is 0 Å². The summed E-state index contributed by atoms with van der Waals surface area (Å²) in [6.07, 6.45) is 2.01. The second-order valence-corrected chi connectivity index (χ2v) is 3.28. The Morgan fingerprint density at radius 2 is 1.94 bits per heavy atom. The van der Waals surface area contributed by atoms with Crippen molar-refractivity contribution in [2.24, 2.45) is 0 Å². The van der Waals surface area contributed by atoms with E-state index in [9.17, 15) is 14.4 Å². The van der Waals surface area contributed by atoms with Crippen molar-refractivity contribution < 1.29 is 19.1 Å². The van der Waals surface area contributed by atoms with E-state index >= 15 is 0 Å². The first kappa shape index (κ1) is 12.1. The zero-order chi connectivity index (χ0) is 12.0. The summed E-state index contributed by atoms with van der Waals surface area (Å²) in [6.45, 7) is 0. The van der Waals surface area contributed by atoms with Crippen LogP contribution in [0.3, 0.4) is 0 Å². The van der Waals surface area contributed by atoms with Crippen LogP contribution in [-0.2, 0) is 16.0 Å². The lowest BCUT2D eigenvalue weighted by Crippen LogP contribution is -2.02. The van der Waals surface area contributed by atoms with Gasteiger partial charge >= 0.3 is 5.97 Å². The summed E-state index contributed by atoms with van der Waals surface area (Å²) in [7, 11) is 1.33. The van der Waals surface area contributed by atoms with Gasteiger partial charge in [-0.15, -0.1) is 0 Å². The third kappa shape index (κ3) is 3.02. The van der Waals surface area contributed by atoms with Crippen LogP contribution < -0.4 is 0 Å². The fraction of sp³-hybridized carbons (Fsp3) is 0.250. The van der Waals surface area contributed by atoms with E-state index in [1.54, 1.807) is 18.2 Å². The summed E-state index contributed by atoms with van der Waals surface area (Å²) in [5.41, 5.74) is 1.53. The van der Waals surface area contributed by atoms with E-state index in [2.05, 4.69) is 4.74 Å². The van der Waals surface area contributed by atoms with Crippen molar-refractivity contribution in [2.45, 2.75) is 12.8 Å². The van der Waals surface area contributed by atoms with Gasteiger partial charge < -0.3 is 4.74 Å². The number of rotatable bonds is 5. The van der Waals surface area contributed by atoms with Gasteiger partial charge in [0.1, 0.15) is 0 Å². The van der Waals surface area contributed by atoms with E-state index in [1.165, 1.54) is 7.11 Å². The second kappa shape index (κ2) is 5.80. The van der Waals surface area contributed by atoms with Gasteiger partial charge in [-0.1, -0.05) is 12.1 Å². The molecule has 1 aromatic rings. The van der Waals surface area contributed by atoms with Crippen molar-refractivity contribution in [3.05, 3.63) is 34.9 Å². The lowest BCUT2D eigenvalue weighted by molar-refractivity contribution is -0.140. The first-order valence-electron chi connectivity index (χ1n) is 4.81. The van der Waals surface area contributed by atoms with E-state index in [-0.39, 0.29) is 12.4 Å². The van der Waals surface area contributed by atoms with Crippen molar-refractivity contribution in [1.82, 2.24) is 0 Å². The van der Waals surface area contributed by atoms with Crippen molar-refractivity contribution >= 4 is 18.5 Å². The van der Waals surface area contributed by atoms with Crippen LogP contribution in [-0.4, -0.2) is 25.7 Å². The van der Waals surface area contributed by atoms with Gasteiger partial charge in [-0.05, 0) is 18.1 Å². The minimum atomic E-state index is -0.299. The van der Waals surface area contributed by atoms with Gasteiger partial charge in [-0.25, -0.2) is 0 Å². The number of carbonyl (C=O) groups is 3. The maximum Gasteiger partial charge on any atom is 0.305 e. The van der Waals surface area contributed by atoms with Crippen molar-refractivity contribution in [1.29, 1.82) is 0 Å². The van der Waals surface area contributed by atoms with Gasteiger partial charge in [-0.2, -0.15) is 0 Å². The molecule has 0 aliphatic rings. The lowest BCUT2D eigenvalue weighted by Gasteiger charge is -2.03. The summed E-state index contributed by atoms with van der Waals surface area (Å²) in [4.78, 5) is 32.2. The number of esters is 1. The molecule has 0 aliphatic heterocycles. The highest BCUT2D eigenvalue weighted by Crippen LogP contribution is 2.10.